The molecule has 0 saturated heterocycles. The number of nitrogens with zero attached hydrogens (tertiary/aromatic N) is 2. The van der Waals surface area contributed by atoms with Crippen LogP contribution in [0.4, 0.5) is 5.69 Å². The Morgan fingerprint density at radius 3 is 2.09 bits per heavy atom. The summed E-state index contributed by atoms with van der Waals surface area (Å²) in [6.07, 6.45) is 0. The van der Waals surface area contributed by atoms with Gasteiger partial charge in [0.05, 0.1) is 38.6 Å². The summed E-state index contributed by atoms with van der Waals surface area (Å²) < 4.78 is 17.7. The number of hydrogen-bond donors (Lipinski definition) is 1. The Morgan fingerprint density at radius 1 is 0.853 bits per heavy atom. The van der Waals surface area contributed by atoms with Crippen molar-refractivity contribution in [3.8, 4) is 28.5 Å². The van der Waals surface area contributed by atoms with Crippen LogP contribution in [0, 0.1) is 0 Å². The van der Waals surface area contributed by atoms with Gasteiger partial charge in [-0.2, -0.15) is 5.10 Å². The highest BCUT2D eigenvalue weighted by Gasteiger charge is 2.45. The van der Waals surface area contributed by atoms with E-state index in [4.69, 9.17) is 14.2 Å². The molecule has 0 fully saturated rings. The SMILES string of the molecule is COc1ccc(-c2n[nH]c3c2C(c2c(OC)cccc2OC)N(c2ccc(Br)cc2)C3=O)cc1. The number of ether oxygens (including phenoxy) is 3. The lowest BCUT2D eigenvalue weighted by Gasteiger charge is -2.28. The molecule has 1 aliphatic rings. The number of aromatic nitrogens is 2. The quantitative estimate of drug-likeness (QED) is 0.358. The number of halogens is 1. The minimum Gasteiger partial charge on any atom is -0.497 e. The van der Waals surface area contributed by atoms with Gasteiger partial charge in [0.1, 0.15) is 22.9 Å². The summed E-state index contributed by atoms with van der Waals surface area (Å²) in [5.74, 6) is 1.80. The lowest BCUT2D eigenvalue weighted by Crippen LogP contribution is -2.29. The van der Waals surface area contributed by atoms with E-state index in [0.717, 1.165) is 32.6 Å². The van der Waals surface area contributed by atoms with Crippen LogP contribution in [0.15, 0.2) is 71.2 Å². The first-order valence-corrected chi connectivity index (χ1v) is 11.4. The van der Waals surface area contributed by atoms with E-state index in [9.17, 15) is 4.79 Å². The number of carbonyl (C=O) groups excluding carboxylic acids is 1. The van der Waals surface area contributed by atoms with Crippen LogP contribution in [0.2, 0.25) is 0 Å². The van der Waals surface area contributed by atoms with Crippen molar-refractivity contribution in [3.63, 3.8) is 0 Å². The van der Waals surface area contributed by atoms with Gasteiger partial charge in [-0.15, -0.1) is 0 Å². The Kier molecular flexibility index (Phi) is 5.75. The van der Waals surface area contributed by atoms with Crippen molar-refractivity contribution in [1.82, 2.24) is 10.2 Å². The van der Waals surface area contributed by atoms with Crippen molar-refractivity contribution >= 4 is 27.5 Å². The van der Waals surface area contributed by atoms with E-state index in [0.29, 0.717) is 22.9 Å². The fourth-order valence-electron chi connectivity index (χ4n) is 4.41. The molecule has 2 heterocycles. The third-order valence-corrected chi connectivity index (χ3v) is 6.50. The molecule has 0 radical (unpaired) electrons. The van der Waals surface area contributed by atoms with Crippen molar-refractivity contribution < 1.29 is 19.0 Å². The summed E-state index contributed by atoms with van der Waals surface area (Å²) in [5, 5.41) is 7.53. The molecule has 1 amide bonds. The second-order valence-electron chi connectivity index (χ2n) is 7.72. The highest BCUT2D eigenvalue weighted by molar-refractivity contribution is 9.10. The molecule has 8 heteroatoms. The molecule has 0 saturated carbocycles. The van der Waals surface area contributed by atoms with Gasteiger partial charge in [-0.3, -0.25) is 14.8 Å². The Bertz CT molecular complexity index is 1330. The number of amides is 1. The van der Waals surface area contributed by atoms with Crippen LogP contribution in [0.5, 0.6) is 17.2 Å². The van der Waals surface area contributed by atoms with Crippen molar-refractivity contribution in [2.75, 3.05) is 26.2 Å². The highest BCUT2D eigenvalue weighted by atomic mass is 79.9. The standard InChI is InChI=1S/C26H22BrN3O4/c1-32-18-13-7-15(8-14-18)23-22-24(29-28-23)26(31)30(17-11-9-16(27)10-12-17)25(22)21-19(33-2)5-4-6-20(21)34-3/h4-14,25H,1-3H3,(H,28,29). The first-order valence-electron chi connectivity index (χ1n) is 10.6. The predicted molar refractivity (Wildman–Crippen MR) is 133 cm³/mol. The van der Waals surface area contributed by atoms with Gasteiger partial charge in [-0.25, -0.2) is 0 Å². The van der Waals surface area contributed by atoms with Crippen LogP contribution in [0.1, 0.15) is 27.7 Å². The molecule has 172 valence electrons. The summed E-state index contributed by atoms with van der Waals surface area (Å²) in [4.78, 5) is 15.5. The van der Waals surface area contributed by atoms with Crippen molar-refractivity contribution in [3.05, 3.63) is 88.0 Å². The number of methoxy groups -OCH3 is 3. The van der Waals surface area contributed by atoms with Crippen LogP contribution < -0.4 is 19.1 Å². The van der Waals surface area contributed by atoms with Gasteiger partial charge in [0.25, 0.3) is 5.91 Å². The van der Waals surface area contributed by atoms with Gasteiger partial charge in [-0.05, 0) is 60.7 Å². The number of nitrogens with one attached hydrogen (secondary N) is 1. The molecule has 0 spiro atoms. The van der Waals surface area contributed by atoms with Gasteiger partial charge >= 0.3 is 0 Å². The van der Waals surface area contributed by atoms with Crippen molar-refractivity contribution in [1.29, 1.82) is 0 Å². The van der Waals surface area contributed by atoms with Crippen LogP contribution in [-0.4, -0.2) is 37.4 Å². The van der Waals surface area contributed by atoms with Crippen LogP contribution in [0.25, 0.3) is 11.3 Å². The zero-order chi connectivity index (χ0) is 23.8. The monoisotopic (exact) mass is 519 g/mol. The Morgan fingerprint density at radius 2 is 1.50 bits per heavy atom. The Hall–Kier alpha value is -3.78. The first-order chi connectivity index (χ1) is 16.6. The van der Waals surface area contributed by atoms with E-state index in [2.05, 4.69) is 26.1 Å². The van der Waals surface area contributed by atoms with E-state index >= 15 is 0 Å². The molecule has 1 atom stereocenters. The third kappa shape index (κ3) is 3.51. The number of benzene rings is 3. The van der Waals surface area contributed by atoms with Gasteiger partial charge in [-0.1, -0.05) is 22.0 Å². The van der Waals surface area contributed by atoms with E-state index in [1.807, 2.05) is 66.7 Å². The number of carbonyl (C=O) groups is 1. The maximum atomic E-state index is 13.8. The molecule has 0 aliphatic carbocycles. The summed E-state index contributed by atoms with van der Waals surface area (Å²) in [5.41, 5.74) is 4.24. The fraction of sp³-hybridized carbons (Fsp3) is 0.154. The molecule has 1 aliphatic heterocycles. The topological polar surface area (TPSA) is 76.7 Å². The average molecular weight is 520 g/mol. The molecule has 1 N–H and O–H groups in total. The minimum absolute atomic E-state index is 0.178. The summed E-state index contributed by atoms with van der Waals surface area (Å²) >= 11 is 3.48. The van der Waals surface area contributed by atoms with Crippen LogP contribution in [0.3, 0.4) is 0 Å². The molecule has 3 aromatic carbocycles. The number of hydrogen-bond acceptors (Lipinski definition) is 5. The second-order valence-corrected chi connectivity index (χ2v) is 8.64. The molecular weight excluding hydrogens is 498 g/mol. The van der Waals surface area contributed by atoms with E-state index in [1.54, 1.807) is 26.2 Å². The van der Waals surface area contributed by atoms with Gasteiger partial charge in [0.2, 0.25) is 0 Å². The second kappa shape index (κ2) is 8.87. The van der Waals surface area contributed by atoms with E-state index in [1.165, 1.54) is 0 Å². The summed E-state index contributed by atoms with van der Waals surface area (Å²) in [7, 11) is 4.85. The normalized spacial score (nSPS) is 14.8. The summed E-state index contributed by atoms with van der Waals surface area (Å²) in [6.45, 7) is 0. The lowest BCUT2D eigenvalue weighted by molar-refractivity contribution is 0.0988. The molecular formula is C26H22BrN3O4. The first kappa shape index (κ1) is 22.0. The minimum atomic E-state index is -0.523. The zero-order valence-corrected chi connectivity index (χ0v) is 20.4. The molecule has 7 nitrogen and oxygen atoms in total. The molecule has 5 rings (SSSR count). The summed E-state index contributed by atoms with van der Waals surface area (Å²) in [6, 6.07) is 20.3. The number of H-pyrrole nitrogens is 1. The number of aromatic amines is 1. The fourth-order valence-corrected chi connectivity index (χ4v) is 4.67. The Balaban J connectivity index is 1.77. The molecule has 1 aromatic heterocycles. The van der Waals surface area contributed by atoms with Gasteiger partial charge in [0, 0.05) is 21.3 Å². The Labute approximate surface area is 205 Å². The van der Waals surface area contributed by atoms with Crippen LogP contribution >= 0.6 is 15.9 Å². The third-order valence-electron chi connectivity index (χ3n) is 5.98. The molecule has 4 aromatic rings. The lowest BCUT2D eigenvalue weighted by atomic mass is 9.94. The number of rotatable bonds is 6. The maximum absolute atomic E-state index is 13.8. The number of fused-ring (bicyclic) bond motifs is 1. The largest absolute Gasteiger partial charge is 0.497 e. The number of anilines is 1. The maximum Gasteiger partial charge on any atom is 0.277 e. The zero-order valence-electron chi connectivity index (χ0n) is 18.8. The van der Waals surface area contributed by atoms with Gasteiger partial charge in [0.15, 0.2) is 0 Å². The molecule has 34 heavy (non-hydrogen) atoms. The van der Waals surface area contributed by atoms with Crippen LogP contribution in [-0.2, 0) is 0 Å². The molecule has 1 unspecified atom stereocenters. The molecule has 0 bridgehead atoms. The smallest absolute Gasteiger partial charge is 0.277 e. The van der Waals surface area contributed by atoms with Gasteiger partial charge < -0.3 is 14.2 Å². The van der Waals surface area contributed by atoms with Crippen molar-refractivity contribution in [2.45, 2.75) is 6.04 Å². The average Bonchev–Trinajstić information content (AvgIpc) is 3.43. The van der Waals surface area contributed by atoms with Crippen molar-refractivity contribution in [2.24, 2.45) is 0 Å². The predicted octanol–water partition coefficient (Wildman–Crippen LogP) is 5.61. The highest BCUT2D eigenvalue weighted by Crippen LogP contribution is 2.50. The van der Waals surface area contributed by atoms with E-state index in [-0.39, 0.29) is 5.91 Å². The van der Waals surface area contributed by atoms with E-state index < -0.39 is 6.04 Å².